The van der Waals surface area contributed by atoms with E-state index in [0.29, 0.717) is 31.4 Å². The Morgan fingerprint density at radius 1 is 1.28 bits per heavy atom. The van der Waals surface area contributed by atoms with Crippen LogP contribution in [0.4, 0.5) is 0 Å². The molecule has 0 radical (unpaired) electrons. The van der Waals surface area contributed by atoms with Crippen molar-refractivity contribution in [1.29, 1.82) is 0 Å². The van der Waals surface area contributed by atoms with Gasteiger partial charge in [0, 0.05) is 18.5 Å². The van der Waals surface area contributed by atoms with Crippen molar-refractivity contribution in [3.63, 3.8) is 0 Å². The predicted octanol–water partition coefficient (Wildman–Crippen LogP) is 2.75. The summed E-state index contributed by atoms with van der Waals surface area (Å²) in [6.45, 7) is 3.51. The Kier molecular flexibility index (Phi) is 9.04. The third kappa shape index (κ3) is 6.81. The average Bonchev–Trinajstić information content (AvgIpc) is 2.72. The summed E-state index contributed by atoms with van der Waals surface area (Å²) in [4.78, 5) is 15.9. The summed E-state index contributed by atoms with van der Waals surface area (Å²) in [5.41, 5.74) is 8.13. The number of nitrogens with zero attached hydrogens (tertiary/aromatic N) is 1. The maximum Gasteiger partial charge on any atom is 0.257 e. The molecule has 1 atom stereocenters. The van der Waals surface area contributed by atoms with E-state index in [2.05, 4.69) is 15.6 Å². The van der Waals surface area contributed by atoms with Crippen molar-refractivity contribution in [2.75, 3.05) is 19.8 Å². The topological polar surface area (TPSA) is 98.0 Å². The molecule has 1 heterocycles. The minimum Gasteiger partial charge on any atom is -0.493 e. The van der Waals surface area contributed by atoms with Gasteiger partial charge in [-0.2, -0.15) is 0 Å². The normalized spacial score (nSPS) is 15.3. The van der Waals surface area contributed by atoms with E-state index in [0.717, 1.165) is 23.3 Å². The van der Waals surface area contributed by atoms with Gasteiger partial charge >= 0.3 is 0 Å². The minimum absolute atomic E-state index is 0. The number of carbonyl (C=O) groups is 1. The van der Waals surface area contributed by atoms with E-state index in [1.807, 2.05) is 55.5 Å². The van der Waals surface area contributed by atoms with E-state index >= 15 is 0 Å². The van der Waals surface area contributed by atoms with E-state index in [4.69, 9.17) is 15.2 Å². The van der Waals surface area contributed by atoms with Crippen molar-refractivity contribution in [1.82, 2.24) is 10.6 Å². The number of nitrogens with two attached hydrogens (primary N) is 1. The Balaban J connectivity index is 0.00000300. The molecule has 0 aromatic heterocycles. The van der Waals surface area contributed by atoms with Gasteiger partial charge in [-0.15, -0.1) is 24.0 Å². The number of aliphatic imine (C=N–C) groups is 1. The maximum atomic E-state index is 11.5. The van der Waals surface area contributed by atoms with Crippen LogP contribution in [0.15, 0.2) is 53.5 Å². The van der Waals surface area contributed by atoms with Crippen LogP contribution >= 0.6 is 24.0 Å². The second-order valence-corrected chi connectivity index (χ2v) is 6.46. The van der Waals surface area contributed by atoms with Crippen LogP contribution in [0.1, 0.15) is 30.5 Å². The molecule has 7 nitrogen and oxygen atoms in total. The molecule has 0 saturated heterocycles. The highest BCUT2D eigenvalue weighted by Gasteiger charge is 2.21. The van der Waals surface area contributed by atoms with Crippen LogP contribution in [0.5, 0.6) is 11.5 Å². The van der Waals surface area contributed by atoms with Crippen LogP contribution < -0.4 is 25.8 Å². The number of halogens is 1. The van der Waals surface area contributed by atoms with E-state index in [9.17, 15) is 4.79 Å². The number of amides is 1. The molecule has 4 N–H and O–H groups in total. The smallest absolute Gasteiger partial charge is 0.257 e. The molecule has 0 fully saturated rings. The molecule has 1 unspecified atom stereocenters. The Bertz CT molecular complexity index is 844. The van der Waals surface area contributed by atoms with Gasteiger partial charge < -0.3 is 25.8 Å². The van der Waals surface area contributed by atoms with Crippen LogP contribution in [0.2, 0.25) is 0 Å². The Labute approximate surface area is 188 Å². The lowest BCUT2D eigenvalue weighted by Crippen LogP contribution is -2.37. The highest BCUT2D eigenvalue weighted by Crippen LogP contribution is 2.31. The number of ether oxygens (including phenoxy) is 2. The van der Waals surface area contributed by atoms with Crippen molar-refractivity contribution >= 4 is 35.8 Å². The first kappa shape index (κ1) is 22.8. The van der Waals surface area contributed by atoms with Gasteiger partial charge in [0.05, 0.1) is 19.2 Å². The molecule has 0 bridgehead atoms. The fourth-order valence-corrected chi connectivity index (χ4v) is 3.02. The maximum absolute atomic E-state index is 11.5. The lowest BCUT2D eigenvalue weighted by molar-refractivity contribution is -0.122. The van der Waals surface area contributed by atoms with E-state index in [-0.39, 0.29) is 42.5 Å². The Hall–Kier alpha value is -2.49. The fourth-order valence-electron chi connectivity index (χ4n) is 3.02. The first-order chi connectivity index (χ1) is 13.7. The van der Waals surface area contributed by atoms with Gasteiger partial charge in [-0.1, -0.05) is 30.3 Å². The van der Waals surface area contributed by atoms with Crippen molar-refractivity contribution in [2.24, 2.45) is 10.7 Å². The highest BCUT2D eigenvalue weighted by molar-refractivity contribution is 14.0. The monoisotopic (exact) mass is 510 g/mol. The number of hydrogen-bond donors (Lipinski definition) is 3. The van der Waals surface area contributed by atoms with Gasteiger partial charge in [0.25, 0.3) is 5.91 Å². The molecule has 8 heteroatoms. The number of likely N-dealkylation sites (N-methyl/N-ethyl adjacent to an activating group) is 1. The zero-order chi connectivity index (χ0) is 19.8. The standard InChI is InChI=1S/C21H26N4O3.HI/c1-2-23-20(26)14-28-16-7-5-6-15(12-16)13-24-21(22)25-18-10-11-27-19-9-4-3-8-17(18)19;/h3-9,12,18H,2,10-11,13-14H2,1H3,(H,23,26)(H3,22,24,25);1H. The van der Waals surface area contributed by atoms with Gasteiger partial charge in [-0.3, -0.25) is 4.79 Å². The van der Waals surface area contributed by atoms with Crippen molar-refractivity contribution < 1.29 is 14.3 Å². The number of carbonyl (C=O) groups excluding carboxylic acids is 1. The molecule has 0 saturated carbocycles. The number of rotatable bonds is 7. The summed E-state index contributed by atoms with van der Waals surface area (Å²) in [6, 6.07) is 15.5. The summed E-state index contributed by atoms with van der Waals surface area (Å²) in [5, 5.41) is 5.97. The summed E-state index contributed by atoms with van der Waals surface area (Å²) in [7, 11) is 0. The van der Waals surface area contributed by atoms with Crippen LogP contribution in [-0.4, -0.2) is 31.6 Å². The summed E-state index contributed by atoms with van der Waals surface area (Å²) >= 11 is 0. The number of fused-ring (bicyclic) bond motifs is 1. The van der Waals surface area contributed by atoms with Crippen molar-refractivity contribution in [3.8, 4) is 11.5 Å². The molecule has 2 aromatic rings. The zero-order valence-corrected chi connectivity index (χ0v) is 18.7. The summed E-state index contributed by atoms with van der Waals surface area (Å²) < 4.78 is 11.2. The van der Waals surface area contributed by atoms with E-state index < -0.39 is 0 Å². The molecular weight excluding hydrogens is 483 g/mol. The van der Waals surface area contributed by atoms with Crippen molar-refractivity contribution in [2.45, 2.75) is 25.9 Å². The largest absolute Gasteiger partial charge is 0.493 e. The molecule has 1 aliphatic rings. The van der Waals surface area contributed by atoms with Gasteiger partial charge in [0.1, 0.15) is 11.5 Å². The van der Waals surface area contributed by atoms with Crippen LogP contribution in [0.3, 0.4) is 0 Å². The average molecular weight is 510 g/mol. The van der Waals surface area contributed by atoms with Gasteiger partial charge in [0.2, 0.25) is 0 Å². The first-order valence-electron chi connectivity index (χ1n) is 9.42. The second-order valence-electron chi connectivity index (χ2n) is 6.46. The quantitative estimate of drug-likeness (QED) is 0.303. The number of hydrogen-bond acceptors (Lipinski definition) is 4. The SMILES string of the molecule is CCNC(=O)COc1cccc(CN=C(N)NC2CCOc3ccccc32)c1.I. The Morgan fingerprint density at radius 3 is 2.93 bits per heavy atom. The highest BCUT2D eigenvalue weighted by atomic mass is 127. The molecule has 29 heavy (non-hydrogen) atoms. The summed E-state index contributed by atoms with van der Waals surface area (Å²) in [6.07, 6.45) is 0.830. The zero-order valence-electron chi connectivity index (χ0n) is 16.4. The molecule has 0 spiro atoms. The minimum atomic E-state index is -0.142. The first-order valence-corrected chi connectivity index (χ1v) is 9.42. The number of nitrogens with one attached hydrogen (secondary N) is 2. The molecule has 1 amide bonds. The third-order valence-corrected chi connectivity index (χ3v) is 4.35. The van der Waals surface area contributed by atoms with Gasteiger partial charge in [-0.25, -0.2) is 4.99 Å². The molecule has 0 aliphatic carbocycles. The van der Waals surface area contributed by atoms with Crippen LogP contribution in [0, 0.1) is 0 Å². The van der Waals surface area contributed by atoms with Crippen molar-refractivity contribution in [3.05, 3.63) is 59.7 Å². The third-order valence-electron chi connectivity index (χ3n) is 4.35. The summed E-state index contributed by atoms with van der Waals surface area (Å²) in [5.74, 6) is 1.76. The molecular formula is C21H27IN4O3. The van der Waals surface area contributed by atoms with Crippen LogP contribution in [0.25, 0.3) is 0 Å². The van der Waals surface area contributed by atoms with Gasteiger partial charge in [-0.05, 0) is 30.7 Å². The lowest BCUT2D eigenvalue weighted by atomic mass is 10.0. The van der Waals surface area contributed by atoms with E-state index in [1.54, 1.807) is 0 Å². The van der Waals surface area contributed by atoms with Crippen LogP contribution in [-0.2, 0) is 11.3 Å². The fraction of sp³-hybridized carbons (Fsp3) is 0.333. The molecule has 3 rings (SSSR count). The number of para-hydroxylation sites is 1. The van der Waals surface area contributed by atoms with E-state index in [1.165, 1.54) is 0 Å². The van der Waals surface area contributed by atoms with Gasteiger partial charge in [0.15, 0.2) is 12.6 Å². The number of guanidine groups is 1. The predicted molar refractivity (Wildman–Crippen MR) is 124 cm³/mol. The molecule has 2 aromatic carbocycles. The molecule has 156 valence electrons. The molecule has 1 aliphatic heterocycles. The Morgan fingerprint density at radius 2 is 2.10 bits per heavy atom. The number of benzene rings is 2. The lowest BCUT2D eigenvalue weighted by Gasteiger charge is -2.26. The second kappa shape index (κ2) is 11.5.